The van der Waals surface area contributed by atoms with E-state index in [2.05, 4.69) is 9.98 Å². The molecule has 4 rings (SSSR count). The Kier molecular flexibility index (Phi) is 4.77. The standard InChI is InChI=1S/C22H17F3N4O/c1-29-20(30)22(28-21(29)26,19-9-13(12-23)7-8-27-19)16-10-15(17(24)11-18(16)25)14-5-3-2-4-6-14/h2-11H,12H2,1H3,(H2,26,28). The number of guanidine groups is 1. The summed E-state index contributed by atoms with van der Waals surface area (Å²) in [7, 11) is 1.39. The molecule has 1 aliphatic heterocycles. The molecule has 1 unspecified atom stereocenters. The summed E-state index contributed by atoms with van der Waals surface area (Å²) in [6, 6.07) is 13.2. The zero-order valence-electron chi connectivity index (χ0n) is 15.9. The number of halogens is 3. The Morgan fingerprint density at radius 2 is 1.80 bits per heavy atom. The van der Waals surface area contributed by atoms with Gasteiger partial charge in [0.05, 0.1) is 5.69 Å². The topological polar surface area (TPSA) is 71.6 Å². The molecule has 0 saturated carbocycles. The molecule has 0 fully saturated rings. The summed E-state index contributed by atoms with van der Waals surface area (Å²) in [6.07, 6.45) is 1.31. The first kappa shape index (κ1) is 19.6. The fourth-order valence-electron chi connectivity index (χ4n) is 3.54. The van der Waals surface area contributed by atoms with Crippen molar-refractivity contribution in [1.82, 2.24) is 9.88 Å². The van der Waals surface area contributed by atoms with Gasteiger partial charge in [-0.2, -0.15) is 0 Å². The van der Waals surface area contributed by atoms with E-state index in [1.165, 1.54) is 31.4 Å². The molecule has 0 saturated heterocycles. The normalized spacial score (nSPS) is 18.6. The number of rotatable bonds is 4. The Labute approximate surface area is 170 Å². The maximum Gasteiger partial charge on any atom is 0.268 e. The highest BCUT2D eigenvalue weighted by Crippen LogP contribution is 2.41. The number of nitrogens with zero attached hydrogens (tertiary/aromatic N) is 3. The Bertz CT molecular complexity index is 1170. The highest BCUT2D eigenvalue weighted by molar-refractivity contribution is 6.08. The van der Waals surface area contributed by atoms with E-state index in [-0.39, 0.29) is 28.3 Å². The van der Waals surface area contributed by atoms with E-state index in [9.17, 15) is 13.6 Å². The van der Waals surface area contributed by atoms with Crippen LogP contribution >= 0.6 is 0 Å². The van der Waals surface area contributed by atoms with Crippen molar-refractivity contribution in [3.8, 4) is 11.1 Å². The fraction of sp³-hybridized carbons (Fsp3) is 0.136. The number of carbonyl (C=O) groups excluding carboxylic acids is 1. The second-order valence-electron chi connectivity index (χ2n) is 6.91. The number of nitrogens with two attached hydrogens (primary N) is 1. The van der Waals surface area contributed by atoms with Crippen LogP contribution < -0.4 is 5.73 Å². The van der Waals surface area contributed by atoms with Gasteiger partial charge in [0.2, 0.25) is 5.54 Å². The quantitative estimate of drug-likeness (QED) is 0.715. The van der Waals surface area contributed by atoms with E-state index in [0.29, 0.717) is 11.6 Å². The molecule has 3 aromatic rings. The molecule has 1 atom stereocenters. The van der Waals surface area contributed by atoms with Crippen LogP contribution in [0, 0.1) is 11.6 Å². The molecule has 30 heavy (non-hydrogen) atoms. The first-order chi connectivity index (χ1) is 14.4. The Hall–Kier alpha value is -3.68. The van der Waals surface area contributed by atoms with E-state index >= 15 is 4.39 Å². The summed E-state index contributed by atoms with van der Waals surface area (Å²) in [5.74, 6) is -2.61. The van der Waals surface area contributed by atoms with Gasteiger partial charge in [-0.25, -0.2) is 18.2 Å². The van der Waals surface area contributed by atoms with Crippen molar-refractivity contribution in [2.75, 3.05) is 7.05 Å². The van der Waals surface area contributed by atoms with Gasteiger partial charge in [-0.1, -0.05) is 30.3 Å². The predicted molar refractivity (Wildman–Crippen MR) is 106 cm³/mol. The third-order valence-corrected chi connectivity index (χ3v) is 5.12. The van der Waals surface area contributed by atoms with Gasteiger partial charge in [0, 0.05) is 30.4 Å². The van der Waals surface area contributed by atoms with Gasteiger partial charge < -0.3 is 5.73 Å². The number of amides is 1. The smallest absolute Gasteiger partial charge is 0.268 e. The number of likely N-dealkylation sites (N-methyl/N-ethyl adjacent to an activating group) is 1. The van der Waals surface area contributed by atoms with Gasteiger partial charge in [0.1, 0.15) is 18.3 Å². The van der Waals surface area contributed by atoms with Crippen LogP contribution in [0.15, 0.2) is 65.8 Å². The molecule has 1 aromatic heterocycles. The molecule has 5 nitrogen and oxygen atoms in total. The highest BCUT2D eigenvalue weighted by atomic mass is 19.1. The fourth-order valence-corrected chi connectivity index (χ4v) is 3.54. The van der Waals surface area contributed by atoms with Gasteiger partial charge in [0.25, 0.3) is 5.91 Å². The molecule has 152 valence electrons. The van der Waals surface area contributed by atoms with Crippen molar-refractivity contribution >= 4 is 11.9 Å². The number of aliphatic imine (C=N–C) groups is 1. The van der Waals surface area contributed by atoms with Crippen LogP contribution in [0.4, 0.5) is 13.2 Å². The minimum Gasteiger partial charge on any atom is -0.369 e. The molecule has 2 heterocycles. The SMILES string of the molecule is CN1C(=O)C(c2cc(CF)ccn2)(c2cc(-c3ccccc3)c(F)cc2F)N=C1N. The van der Waals surface area contributed by atoms with Crippen LogP contribution in [0.1, 0.15) is 16.8 Å². The van der Waals surface area contributed by atoms with Crippen molar-refractivity contribution in [3.63, 3.8) is 0 Å². The lowest BCUT2D eigenvalue weighted by Crippen LogP contribution is -2.42. The van der Waals surface area contributed by atoms with Gasteiger partial charge in [-0.3, -0.25) is 14.7 Å². The van der Waals surface area contributed by atoms with Gasteiger partial charge in [0.15, 0.2) is 5.96 Å². The maximum atomic E-state index is 15.1. The summed E-state index contributed by atoms with van der Waals surface area (Å²) in [5, 5.41) is 0. The molecule has 1 aliphatic rings. The zero-order chi connectivity index (χ0) is 21.5. The second-order valence-corrected chi connectivity index (χ2v) is 6.91. The van der Waals surface area contributed by atoms with Crippen LogP contribution in [0.25, 0.3) is 11.1 Å². The first-order valence-corrected chi connectivity index (χ1v) is 9.08. The number of alkyl halides is 1. The summed E-state index contributed by atoms with van der Waals surface area (Å²) < 4.78 is 43.0. The number of hydrogen-bond donors (Lipinski definition) is 1. The van der Waals surface area contributed by atoms with Crippen LogP contribution in [0.2, 0.25) is 0 Å². The molecule has 0 aliphatic carbocycles. The first-order valence-electron chi connectivity index (χ1n) is 9.08. The molecule has 0 spiro atoms. The van der Waals surface area contributed by atoms with E-state index in [1.54, 1.807) is 30.3 Å². The second kappa shape index (κ2) is 7.29. The van der Waals surface area contributed by atoms with Crippen LogP contribution in [0.5, 0.6) is 0 Å². The lowest BCUT2D eigenvalue weighted by molar-refractivity contribution is -0.129. The molecule has 2 N–H and O–H groups in total. The summed E-state index contributed by atoms with van der Waals surface area (Å²) in [6.45, 7) is -0.810. The molecular formula is C22H17F3N4O. The molecular weight excluding hydrogens is 393 g/mol. The average Bonchev–Trinajstić information content (AvgIpc) is 2.99. The molecule has 0 bridgehead atoms. The summed E-state index contributed by atoms with van der Waals surface area (Å²) in [5.41, 5.74) is 4.48. The number of pyridine rings is 1. The summed E-state index contributed by atoms with van der Waals surface area (Å²) in [4.78, 5) is 22.7. The highest BCUT2D eigenvalue weighted by Gasteiger charge is 2.52. The summed E-state index contributed by atoms with van der Waals surface area (Å²) >= 11 is 0. The van der Waals surface area contributed by atoms with E-state index < -0.39 is 29.8 Å². The van der Waals surface area contributed by atoms with Crippen molar-refractivity contribution in [1.29, 1.82) is 0 Å². The third-order valence-electron chi connectivity index (χ3n) is 5.12. The van der Waals surface area contributed by atoms with Crippen molar-refractivity contribution in [2.45, 2.75) is 12.2 Å². The van der Waals surface area contributed by atoms with Gasteiger partial charge >= 0.3 is 0 Å². The molecule has 2 aromatic carbocycles. The minimum atomic E-state index is -1.99. The van der Waals surface area contributed by atoms with Crippen molar-refractivity contribution in [3.05, 3.63) is 89.2 Å². The predicted octanol–water partition coefficient (Wildman–Crippen LogP) is 3.53. The van der Waals surface area contributed by atoms with Crippen LogP contribution in [-0.2, 0) is 17.0 Å². The van der Waals surface area contributed by atoms with Crippen LogP contribution in [0.3, 0.4) is 0 Å². The molecule has 8 heteroatoms. The van der Waals surface area contributed by atoms with E-state index in [1.807, 2.05) is 0 Å². The number of aromatic nitrogens is 1. The zero-order valence-corrected chi connectivity index (χ0v) is 15.9. The lowest BCUT2D eigenvalue weighted by atomic mass is 9.83. The third kappa shape index (κ3) is 2.92. The largest absolute Gasteiger partial charge is 0.369 e. The van der Waals surface area contributed by atoms with Gasteiger partial charge in [-0.05, 0) is 29.3 Å². The number of hydrogen-bond acceptors (Lipinski definition) is 4. The van der Waals surface area contributed by atoms with Gasteiger partial charge in [-0.15, -0.1) is 0 Å². The van der Waals surface area contributed by atoms with E-state index in [0.717, 1.165) is 4.90 Å². The number of carbonyl (C=O) groups is 1. The number of benzene rings is 2. The Balaban J connectivity index is 2.03. The average molecular weight is 410 g/mol. The lowest BCUT2D eigenvalue weighted by Gasteiger charge is -2.26. The van der Waals surface area contributed by atoms with Crippen molar-refractivity contribution < 1.29 is 18.0 Å². The Morgan fingerprint density at radius 3 is 2.43 bits per heavy atom. The van der Waals surface area contributed by atoms with E-state index in [4.69, 9.17) is 5.73 Å². The molecule has 1 amide bonds. The Morgan fingerprint density at radius 1 is 1.07 bits per heavy atom. The minimum absolute atomic E-state index is 0.000491. The van der Waals surface area contributed by atoms with Crippen LogP contribution in [-0.4, -0.2) is 28.8 Å². The molecule has 0 radical (unpaired) electrons. The van der Waals surface area contributed by atoms with Crippen molar-refractivity contribution in [2.24, 2.45) is 10.7 Å². The maximum absolute atomic E-state index is 15.1. The monoisotopic (exact) mass is 410 g/mol.